The molecule has 2 nitrogen and oxygen atoms in total. The smallest absolute Gasteiger partial charge is 0.220 e. The van der Waals surface area contributed by atoms with Crippen molar-refractivity contribution in [3.8, 4) is 0 Å². The number of amides is 1. The summed E-state index contributed by atoms with van der Waals surface area (Å²) in [5.74, 6) is 0.785. The first kappa shape index (κ1) is 22.5. The summed E-state index contributed by atoms with van der Waals surface area (Å²) < 4.78 is 0. The van der Waals surface area contributed by atoms with Gasteiger partial charge in [0.25, 0.3) is 0 Å². The van der Waals surface area contributed by atoms with Crippen LogP contribution in [0.4, 0.5) is 0 Å². The third-order valence-electron chi connectivity index (χ3n) is 4.46. The fourth-order valence-electron chi connectivity index (χ4n) is 2.89. The molecule has 0 saturated carbocycles. The summed E-state index contributed by atoms with van der Waals surface area (Å²) >= 11 is 0. The SMILES string of the molecule is CCCCCCCCCCCCCCCCC(=O)NCC(C)C. The van der Waals surface area contributed by atoms with Gasteiger partial charge < -0.3 is 5.32 Å². The summed E-state index contributed by atoms with van der Waals surface area (Å²) in [6, 6.07) is 0. The zero-order valence-corrected chi connectivity index (χ0v) is 16.3. The van der Waals surface area contributed by atoms with Crippen LogP contribution < -0.4 is 5.32 Å². The maximum atomic E-state index is 11.6. The summed E-state index contributed by atoms with van der Waals surface area (Å²) in [5.41, 5.74) is 0. The Morgan fingerprint density at radius 1 is 0.696 bits per heavy atom. The lowest BCUT2D eigenvalue weighted by Gasteiger charge is -2.07. The van der Waals surface area contributed by atoms with E-state index in [9.17, 15) is 4.79 Å². The predicted octanol–water partition coefficient (Wildman–Crippen LogP) is 6.63. The molecule has 0 aromatic carbocycles. The molecular formula is C21H43NO. The Balaban J connectivity index is 3.09. The second-order valence-corrected chi connectivity index (χ2v) is 7.54. The van der Waals surface area contributed by atoms with Crippen LogP contribution in [0, 0.1) is 5.92 Å². The maximum absolute atomic E-state index is 11.6. The lowest BCUT2D eigenvalue weighted by Crippen LogP contribution is -2.26. The van der Waals surface area contributed by atoms with E-state index >= 15 is 0 Å². The van der Waals surface area contributed by atoms with Crippen LogP contribution >= 0.6 is 0 Å². The number of unbranched alkanes of at least 4 members (excludes halogenated alkanes) is 13. The minimum absolute atomic E-state index is 0.234. The molecule has 1 N–H and O–H groups in total. The number of nitrogens with one attached hydrogen (secondary N) is 1. The Morgan fingerprint density at radius 2 is 1.09 bits per heavy atom. The van der Waals surface area contributed by atoms with Gasteiger partial charge in [0.2, 0.25) is 5.91 Å². The number of rotatable bonds is 17. The monoisotopic (exact) mass is 325 g/mol. The van der Waals surface area contributed by atoms with Gasteiger partial charge in [0, 0.05) is 13.0 Å². The van der Waals surface area contributed by atoms with Gasteiger partial charge in [-0.25, -0.2) is 0 Å². The van der Waals surface area contributed by atoms with E-state index < -0.39 is 0 Å². The van der Waals surface area contributed by atoms with Gasteiger partial charge in [0.15, 0.2) is 0 Å². The molecule has 0 saturated heterocycles. The van der Waals surface area contributed by atoms with Gasteiger partial charge in [-0.3, -0.25) is 4.79 Å². The van der Waals surface area contributed by atoms with E-state index in [1.165, 1.54) is 83.5 Å². The van der Waals surface area contributed by atoms with Crippen LogP contribution in [0.15, 0.2) is 0 Å². The number of hydrogen-bond donors (Lipinski definition) is 1. The van der Waals surface area contributed by atoms with E-state index in [-0.39, 0.29) is 5.91 Å². The van der Waals surface area contributed by atoms with Crippen LogP contribution in [-0.2, 0) is 4.79 Å². The highest BCUT2D eigenvalue weighted by molar-refractivity contribution is 5.75. The first-order chi connectivity index (χ1) is 11.2. The third-order valence-corrected chi connectivity index (χ3v) is 4.46. The summed E-state index contributed by atoms with van der Waals surface area (Å²) in [5, 5.41) is 2.99. The lowest BCUT2D eigenvalue weighted by molar-refractivity contribution is -0.121. The molecule has 0 heterocycles. The molecule has 0 aliphatic heterocycles. The van der Waals surface area contributed by atoms with Crippen molar-refractivity contribution in [2.45, 2.75) is 117 Å². The van der Waals surface area contributed by atoms with Crippen molar-refractivity contribution in [3.05, 3.63) is 0 Å². The van der Waals surface area contributed by atoms with Gasteiger partial charge >= 0.3 is 0 Å². The van der Waals surface area contributed by atoms with E-state index in [0.29, 0.717) is 12.3 Å². The van der Waals surface area contributed by atoms with E-state index in [1.807, 2.05) is 0 Å². The lowest BCUT2D eigenvalue weighted by atomic mass is 10.0. The highest BCUT2D eigenvalue weighted by atomic mass is 16.1. The Kier molecular flexibility index (Phi) is 17.4. The van der Waals surface area contributed by atoms with Gasteiger partial charge in [-0.2, -0.15) is 0 Å². The van der Waals surface area contributed by atoms with Crippen LogP contribution in [0.5, 0.6) is 0 Å². The predicted molar refractivity (Wildman–Crippen MR) is 103 cm³/mol. The quantitative estimate of drug-likeness (QED) is 0.299. The fourth-order valence-corrected chi connectivity index (χ4v) is 2.89. The average molecular weight is 326 g/mol. The van der Waals surface area contributed by atoms with E-state index in [0.717, 1.165) is 13.0 Å². The van der Waals surface area contributed by atoms with Gasteiger partial charge in [-0.1, -0.05) is 104 Å². The Morgan fingerprint density at radius 3 is 1.48 bits per heavy atom. The summed E-state index contributed by atoms with van der Waals surface area (Å²) in [7, 11) is 0. The molecule has 0 aliphatic carbocycles. The zero-order valence-electron chi connectivity index (χ0n) is 16.3. The van der Waals surface area contributed by atoms with Crippen molar-refractivity contribution in [1.29, 1.82) is 0 Å². The molecule has 0 aliphatic rings. The van der Waals surface area contributed by atoms with Crippen molar-refractivity contribution < 1.29 is 4.79 Å². The van der Waals surface area contributed by atoms with Crippen molar-refractivity contribution >= 4 is 5.91 Å². The largest absolute Gasteiger partial charge is 0.356 e. The molecule has 2 heteroatoms. The highest BCUT2D eigenvalue weighted by Crippen LogP contribution is 2.13. The van der Waals surface area contributed by atoms with Crippen molar-refractivity contribution in [3.63, 3.8) is 0 Å². The van der Waals surface area contributed by atoms with Gasteiger partial charge in [-0.15, -0.1) is 0 Å². The molecule has 0 bridgehead atoms. The van der Waals surface area contributed by atoms with E-state index in [4.69, 9.17) is 0 Å². The standard InChI is InChI=1S/C21H43NO/c1-4-5-6-7-8-9-10-11-12-13-14-15-16-17-18-21(23)22-19-20(2)3/h20H,4-19H2,1-3H3,(H,22,23). The van der Waals surface area contributed by atoms with Crippen molar-refractivity contribution in [1.82, 2.24) is 5.32 Å². The molecule has 0 spiro atoms. The first-order valence-corrected chi connectivity index (χ1v) is 10.4. The minimum Gasteiger partial charge on any atom is -0.356 e. The average Bonchev–Trinajstić information content (AvgIpc) is 2.53. The number of carbonyl (C=O) groups excluding carboxylic acids is 1. The van der Waals surface area contributed by atoms with Crippen molar-refractivity contribution in [2.24, 2.45) is 5.92 Å². The molecular weight excluding hydrogens is 282 g/mol. The van der Waals surface area contributed by atoms with Crippen LogP contribution in [0.25, 0.3) is 0 Å². The molecule has 0 unspecified atom stereocenters. The molecule has 138 valence electrons. The molecule has 0 atom stereocenters. The van der Waals surface area contributed by atoms with Crippen LogP contribution in [0.2, 0.25) is 0 Å². The van der Waals surface area contributed by atoms with Crippen LogP contribution in [0.3, 0.4) is 0 Å². The Labute approximate surface area is 146 Å². The van der Waals surface area contributed by atoms with Gasteiger partial charge in [0.05, 0.1) is 0 Å². The fraction of sp³-hybridized carbons (Fsp3) is 0.952. The van der Waals surface area contributed by atoms with E-state index in [1.54, 1.807) is 0 Å². The molecule has 0 aromatic heterocycles. The topological polar surface area (TPSA) is 29.1 Å². The summed E-state index contributed by atoms with van der Waals surface area (Å²) in [6.07, 6.45) is 19.8. The Bertz CT molecular complexity index is 250. The van der Waals surface area contributed by atoms with Crippen LogP contribution in [-0.4, -0.2) is 12.5 Å². The van der Waals surface area contributed by atoms with Gasteiger partial charge in [0.1, 0.15) is 0 Å². The number of hydrogen-bond acceptors (Lipinski definition) is 1. The molecule has 0 aromatic rings. The highest BCUT2D eigenvalue weighted by Gasteiger charge is 2.01. The summed E-state index contributed by atoms with van der Waals surface area (Å²) in [4.78, 5) is 11.6. The second-order valence-electron chi connectivity index (χ2n) is 7.54. The molecule has 1 amide bonds. The molecule has 0 fully saturated rings. The molecule has 0 radical (unpaired) electrons. The molecule has 23 heavy (non-hydrogen) atoms. The van der Waals surface area contributed by atoms with Crippen LogP contribution in [0.1, 0.15) is 117 Å². The minimum atomic E-state index is 0.234. The van der Waals surface area contributed by atoms with Gasteiger partial charge in [-0.05, 0) is 12.3 Å². The number of carbonyl (C=O) groups is 1. The summed E-state index contributed by atoms with van der Waals surface area (Å²) in [6.45, 7) is 7.36. The van der Waals surface area contributed by atoms with E-state index in [2.05, 4.69) is 26.1 Å². The third kappa shape index (κ3) is 19.4. The normalized spacial score (nSPS) is 11.1. The molecule has 0 rings (SSSR count). The maximum Gasteiger partial charge on any atom is 0.220 e. The zero-order chi connectivity index (χ0) is 17.2. The Hall–Kier alpha value is -0.530. The first-order valence-electron chi connectivity index (χ1n) is 10.4. The second kappa shape index (κ2) is 17.8. The van der Waals surface area contributed by atoms with Crippen molar-refractivity contribution in [2.75, 3.05) is 6.54 Å².